The van der Waals surface area contributed by atoms with Crippen molar-refractivity contribution in [2.75, 3.05) is 13.1 Å². The fourth-order valence-electron chi connectivity index (χ4n) is 3.30. The summed E-state index contributed by atoms with van der Waals surface area (Å²) in [5, 5.41) is 3.20. The summed E-state index contributed by atoms with van der Waals surface area (Å²) in [6.45, 7) is 1.50. The minimum atomic E-state index is -4.39. The lowest BCUT2D eigenvalue weighted by atomic mass is 9.84. The van der Waals surface area contributed by atoms with Gasteiger partial charge >= 0.3 is 6.18 Å². The first-order valence-electron chi connectivity index (χ1n) is 8.13. The van der Waals surface area contributed by atoms with E-state index in [1.54, 1.807) is 11.0 Å². The van der Waals surface area contributed by atoms with Gasteiger partial charge in [-0.3, -0.25) is 4.79 Å². The molecular weight excluding hydrogens is 305 g/mol. The quantitative estimate of drug-likeness (QED) is 0.921. The number of carbonyl (C=O) groups is 1. The van der Waals surface area contributed by atoms with Gasteiger partial charge < -0.3 is 10.2 Å². The van der Waals surface area contributed by atoms with Crippen LogP contribution in [-0.2, 0) is 17.5 Å². The Balaban J connectivity index is 1.85. The van der Waals surface area contributed by atoms with E-state index in [2.05, 4.69) is 5.32 Å². The fourth-order valence-corrected chi connectivity index (χ4v) is 3.30. The highest BCUT2D eigenvalue weighted by molar-refractivity contribution is 5.80. The number of alkyl halides is 3. The molecule has 1 aliphatic carbocycles. The zero-order valence-corrected chi connectivity index (χ0v) is 12.9. The number of hydrogen-bond donors (Lipinski definition) is 1. The standard InChI is InChI=1S/C17H21F3N2O/c18-17(19,20)15-7-2-1-4-13(15)11-22(14-8-9-21-10-14)16(23)12-5-3-6-12/h1-2,4,7,12,14,21H,3,5-6,8-11H2/t14-/m0/s1. The summed E-state index contributed by atoms with van der Waals surface area (Å²) in [6, 6.07) is 5.55. The van der Waals surface area contributed by atoms with Crippen molar-refractivity contribution in [1.82, 2.24) is 10.2 Å². The average molecular weight is 326 g/mol. The Labute approximate surface area is 133 Å². The zero-order chi connectivity index (χ0) is 16.4. The predicted octanol–water partition coefficient (Wildman–Crippen LogP) is 3.20. The first-order valence-corrected chi connectivity index (χ1v) is 8.13. The number of rotatable bonds is 4. The molecule has 23 heavy (non-hydrogen) atoms. The smallest absolute Gasteiger partial charge is 0.334 e. The van der Waals surface area contributed by atoms with Crippen molar-refractivity contribution in [2.24, 2.45) is 5.92 Å². The number of carbonyl (C=O) groups excluding carboxylic acids is 1. The molecule has 1 saturated heterocycles. The summed E-state index contributed by atoms with van der Waals surface area (Å²) in [7, 11) is 0. The van der Waals surface area contributed by atoms with Crippen LogP contribution in [0.15, 0.2) is 24.3 Å². The number of nitrogens with zero attached hydrogens (tertiary/aromatic N) is 1. The topological polar surface area (TPSA) is 32.3 Å². The Hall–Kier alpha value is -1.56. The second kappa shape index (κ2) is 6.51. The van der Waals surface area contributed by atoms with Crippen LogP contribution in [0.5, 0.6) is 0 Å². The van der Waals surface area contributed by atoms with E-state index in [9.17, 15) is 18.0 Å². The molecule has 126 valence electrons. The van der Waals surface area contributed by atoms with Crippen LogP contribution in [0.1, 0.15) is 36.8 Å². The van der Waals surface area contributed by atoms with Crippen LogP contribution in [-0.4, -0.2) is 29.9 Å². The van der Waals surface area contributed by atoms with Crippen LogP contribution >= 0.6 is 0 Å². The molecule has 0 radical (unpaired) electrons. The molecule has 2 aliphatic rings. The van der Waals surface area contributed by atoms with Gasteiger partial charge in [0.05, 0.1) is 5.56 Å². The van der Waals surface area contributed by atoms with Crippen molar-refractivity contribution < 1.29 is 18.0 Å². The molecule has 1 aliphatic heterocycles. The number of benzene rings is 1. The summed E-state index contributed by atoms with van der Waals surface area (Å²) >= 11 is 0. The molecule has 1 aromatic rings. The minimum Gasteiger partial charge on any atom is -0.334 e. The molecular formula is C17H21F3N2O. The van der Waals surface area contributed by atoms with Gasteiger partial charge in [0, 0.05) is 25.0 Å². The van der Waals surface area contributed by atoms with E-state index in [0.717, 1.165) is 38.3 Å². The van der Waals surface area contributed by atoms with Crippen molar-refractivity contribution in [3.05, 3.63) is 35.4 Å². The molecule has 1 heterocycles. The lowest BCUT2D eigenvalue weighted by Gasteiger charge is -2.35. The summed E-state index contributed by atoms with van der Waals surface area (Å²) in [5.74, 6) is 0.00979. The van der Waals surface area contributed by atoms with E-state index in [4.69, 9.17) is 0 Å². The van der Waals surface area contributed by atoms with Crippen LogP contribution in [0.25, 0.3) is 0 Å². The Morgan fingerprint density at radius 1 is 1.22 bits per heavy atom. The van der Waals surface area contributed by atoms with Gasteiger partial charge in [0.1, 0.15) is 0 Å². The van der Waals surface area contributed by atoms with E-state index >= 15 is 0 Å². The monoisotopic (exact) mass is 326 g/mol. The molecule has 2 fully saturated rings. The second-order valence-corrected chi connectivity index (χ2v) is 6.40. The van der Waals surface area contributed by atoms with Gasteiger partial charge in [-0.2, -0.15) is 13.2 Å². The normalized spacial score (nSPS) is 22.0. The molecule has 6 heteroatoms. The van der Waals surface area contributed by atoms with Crippen molar-refractivity contribution in [3.63, 3.8) is 0 Å². The van der Waals surface area contributed by atoms with E-state index in [1.165, 1.54) is 12.1 Å². The Morgan fingerprint density at radius 3 is 2.52 bits per heavy atom. The number of amides is 1. The highest BCUT2D eigenvalue weighted by Crippen LogP contribution is 2.34. The van der Waals surface area contributed by atoms with Gasteiger partial charge in [-0.1, -0.05) is 24.6 Å². The van der Waals surface area contributed by atoms with E-state index in [-0.39, 0.29) is 30.0 Å². The predicted molar refractivity (Wildman–Crippen MR) is 80.6 cm³/mol. The van der Waals surface area contributed by atoms with E-state index in [1.807, 2.05) is 0 Å². The molecule has 1 N–H and O–H groups in total. The van der Waals surface area contributed by atoms with E-state index in [0.29, 0.717) is 6.54 Å². The van der Waals surface area contributed by atoms with Crippen LogP contribution < -0.4 is 5.32 Å². The molecule has 0 spiro atoms. The van der Waals surface area contributed by atoms with Gasteiger partial charge in [0.15, 0.2) is 0 Å². The van der Waals surface area contributed by atoms with Crippen molar-refractivity contribution in [3.8, 4) is 0 Å². The Kier molecular flexibility index (Phi) is 4.62. The fraction of sp³-hybridized carbons (Fsp3) is 0.588. The maximum atomic E-state index is 13.2. The summed E-state index contributed by atoms with van der Waals surface area (Å²) in [4.78, 5) is 14.4. The molecule has 0 unspecified atom stereocenters. The molecule has 3 rings (SSSR count). The Bertz CT molecular complexity index is 563. The van der Waals surface area contributed by atoms with Gasteiger partial charge in [-0.15, -0.1) is 0 Å². The van der Waals surface area contributed by atoms with Gasteiger partial charge in [-0.05, 0) is 37.4 Å². The summed E-state index contributed by atoms with van der Waals surface area (Å²) in [5.41, 5.74) is -0.461. The third-order valence-corrected chi connectivity index (χ3v) is 4.88. The first kappa shape index (κ1) is 16.3. The molecule has 1 atom stereocenters. The number of hydrogen-bond acceptors (Lipinski definition) is 2. The second-order valence-electron chi connectivity index (χ2n) is 6.40. The van der Waals surface area contributed by atoms with Crippen LogP contribution in [0.2, 0.25) is 0 Å². The molecule has 3 nitrogen and oxygen atoms in total. The molecule has 1 saturated carbocycles. The van der Waals surface area contributed by atoms with Gasteiger partial charge in [-0.25, -0.2) is 0 Å². The average Bonchev–Trinajstić information content (AvgIpc) is 2.96. The van der Waals surface area contributed by atoms with Crippen molar-refractivity contribution >= 4 is 5.91 Å². The van der Waals surface area contributed by atoms with E-state index < -0.39 is 11.7 Å². The van der Waals surface area contributed by atoms with Gasteiger partial charge in [0.2, 0.25) is 5.91 Å². The molecule has 1 aromatic carbocycles. The lowest BCUT2D eigenvalue weighted by Crippen LogP contribution is -2.45. The van der Waals surface area contributed by atoms with Crippen LogP contribution in [0.3, 0.4) is 0 Å². The highest BCUT2D eigenvalue weighted by Gasteiger charge is 2.37. The third kappa shape index (κ3) is 3.52. The summed E-state index contributed by atoms with van der Waals surface area (Å²) < 4.78 is 39.6. The minimum absolute atomic E-state index is 0.00588. The lowest BCUT2D eigenvalue weighted by molar-refractivity contribution is -0.143. The maximum absolute atomic E-state index is 13.2. The Morgan fingerprint density at radius 2 is 1.96 bits per heavy atom. The number of nitrogens with one attached hydrogen (secondary N) is 1. The van der Waals surface area contributed by atoms with Crippen LogP contribution in [0.4, 0.5) is 13.2 Å². The molecule has 0 bridgehead atoms. The number of halogens is 3. The van der Waals surface area contributed by atoms with Crippen LogP contribution in [0, 0.1) is 5.92 Å². The SMILES string of the molecule is O=C(C1CCC1)N(Cc1ccccc1C(F)(F)F)[C@H]1CCNC1. The molecule has 1 amide bonds. The zero-order valence-electron chi connectivity index (χ0n) is 12.9. The molecule has 0 aromatic heterocycles. The largest absolute Gasteiger partial charge is 0.416 e. The summed E-state index contributed by atoms with van der Waals surface area (Å²) in [6.07, 6.45) is -0.846. The van der Waals surface area contributed by atoms with Gasteiger partial charge in [0.25, 0.3) is 0 Å². The highest BCUT2D eigenvalue weighted by atomic mass is 19.4. The van der Waals surface area contributed by atoms with Crippen molar-refractivity contribution in [2.45, 2.75) is 44.4 Å². The third-order valence-electron chi connectivity index (χ3n) is 4.88. The van der Waals surface area contributed by atoms with Crippen molar-refractivity contribution in [1.29, 1.82) is 0 Å². The first-order chi connectivity index (χ1) is 11.0. The maximum Gasteiger partial charge on any atom is 0.416 e.